The van der Waals surface area contributed by atoms with Gasteiger partial charge in [-0.25, -0.2) is 0 Å². The van der Waals surface area contributed by atoms with Crippen LogP contribution >= 0.6 is 0 Å². The van der Waals surface area contributed by atoms with Crippen LogP contribution < -0.4 is 0 Å². The molecule has 1 nitrogen and oxygen atoms in total. The van der Waals surface area contributed by atoms with E-state index in [0.29, 0.717) is 16.9 Å². The molecule has 1 rings (SSSR count). The zero-order valence-electron chi connectivity index (χ0n) is 17.0. The zero-order chi connectivity index (χ0) is 18.1. The second kappa shape index (κ2) is 10.4. The van der Waals surface area contributed by atoms with Crippen molar-refractivity contribution in [2.45, 2.75) is 84.4 Å². The number of unbranched alkanes of at least 4 members (excludes halogenated alkanes) is 3. The first-order valence-electron chi connectivity index (χ1n) is 9.93. The third-order valence-corrected chi connectivity index (χ3v) is 10.1. The largest absolute Gasteiger partial charge is 0.417 e. The van der Waals surface area contributed by atoms with E-state index in [1.165, 1.54) is 32.1 Å². The average Bonchev–Trinajstić information content (AvgIpc) is 2.51. The predicted molar refractivity (Wildman–Crippen MR) is 111 cm³/mol. The maximum atomic E-state index is 6.26. The molecule has 0 aromatic carbocycles. The molecule has 0 saturated heterocycles. The fourth-order valence-electron chi connectivity index (χ4n) is 2.84. The first kappa shape index (κ1) is 21.4. The molecule has 0 aromatic heterocycles. The van der Waals surface area contributed by atoms with Crippen molar-refractivity contribution in [3.63, 3.8) is 0 Å². The molecule has 1 aliphatic rings. The molecule has 0 aromatic rings. The quantitative estimate of drug-likeness (QED) is 0.229. The van der Waals surface area contributed by atoms with Gasteiger partial charge in [0.05, 0.1) is 0 Å². The van der Waals surface area contributed by atoms with Crippen LogP contribution in [0.5, 0.6) is 0 Å². The average molecular weight is 349 g/mol. The molecule has 24 heavy (non-hydrogen) atoms. The summed E-state index contributed by atoms with van der Waals surface area (Å²) in [5, 5.41) is 0.328. The standard InChI is InChI=1S/C22H40OSi/c1-7-8-15-20-17-12-13-18-21(20)16-11-9-10-14-19-23-24(5,6)22(2,3)4/h8,12-13,15,17-18,20-21H,7,9-11,14,16,19H2,1-6H3/b15-8-/t20-,21+/m1/s1. The second-order valence-corrected chi connectivity index (χ2v) is 13.5. The molecule has 0 spiro atoms. The lowest BCUT2D eigenvalue weighted by atomic mass is 9.84. The van der Waals surface area contributed by atoms with Crippen LogP contribution in [0, 0.1) is 11.8 Å². The van der Waals surface area contributed by atoms with Crippen LogP contribution in [0.2, 0.25) is 18.1 Å². The molecule has 0 radical (unpaired) electrons. The summed E-state index contributed by atoms with van der Waals surface area (Å²) in [4.78, 5) is 0. The molecular weight excluding hydrogens is 308 g/mol. The molecule has 0 saturated carbocycles. The van der Waals surface area contributed by atoms with E-state index in [9.17, 15) is 0 Å². The maximum absolute atomic E-state index is 6.26. The highest BCUT2D eigenvalue weighted by Gasteiger charge is 2.36. The first-order chi connectivity index (χ1) is 11.3. The third-order valence-electron chi connectivity index (χ3n) is 5.59. The van der Waals surface area contributed by atoms with E-state index < -0.39 is 8.32 Å². The van der Waals surface area contributed by atoms with Gasteiger partial charge in [-0.3, -0.25) is 0 Å². The molecule has 0 bridgehead atoms. The normalized spacial score (nSPS) is 21.8. The second-order valence-electron chi connectivity index (χ2n) is 8.66. The van der Waals surface area contributed by atoms with Gasteiger partial charge in [-0.1, -0.05) is 83.4 Å². The molecule has 0 N–H and O–H groups in total. The van der Waals surface area contributed by atoms with Crippen molar-refractivity contribution in [2.24, 2.45) is 11.8 Å². The highest BCUT2D eigenvalue weighted by molar-refractivity contribution is 6.74. The summed E-state index contributed by atoms with van der Waals surface area (Å²) in [6.07, 6.45) is 21.5. The Balaban J connectivity index is 2.17. The molecule has 138 valence electrons. The van der Waals surface area contributed by atoms with E-state index in [2.05, 4.69) is 77.2 Å². The fraction of sp³-hybridized carbons (Fsp3) is 0.727. The predicted octanol–water partition coefficient (Wildman–Crippen LogP) is 7.28. The van der Waals surface area contributed by atoms with Gasteiger partial charge in [0, 0.05) is 12.5 Å². The van der Waals surface area contributed by atoms with Crippen molar-refractivity contribution in [1.29, 1.82) is 0 Å². The summed E-state index contributed by atoms with van der Waals surface area (Å²) in [7, 11) is -1.55. The van der Waals surface area contributed by atoms with E-state index in [4.69, 9.17) is 4.43 Å². The minimum Gasteiger partial charge on any atom is -0.417 e. The topological polar surface area (TPSA) is 9.23 Å². The number of hydrogen-bond acceptors (Lipinski definition) is 1. The molecule has 0 unspecified atom stereocenters. The first-order valence-corrected chi connectivity index (χ1v) is 12.8. The van der Waals surface area contributed by atoms with Gasteiger partial charge in [-0.15, -0.1) is 0 Å². The molecule has 0 aliphatic heterocycles. The zero-order valence-corrected chi connectivity index (χ0v) is 18.0. The highest BCUT2D eigenvalue weighted by Crippen LogP contribution is 2.36. The van der Waals surface area contributed by atoms with E-state index >= 15 is 0 Å². The van der Waals surface area contributed by atoms with Crippen molar-refractivity contribution in [2.75, 3.05) is 6.61 Å². The number of hydrogen-bond donors (Lipinski definition) is 0. The van der Waals surface area contributed by atoms with Crippen molar-refractivity contribution >= 4 is 8.32 Å². The van der Waals surface area contributed by atoms with Gasteiger partial charge < -0.3 is 4.43 Å². The minimum absolute atomic E-state index is 0.328. The molecule has 1 aliphatic carbocycles. The van der Waals surface area contributed by atoms with E-state index in [0.717, 1.165) is 13.0 Å². The fourth-order valence-corrected chi connectivity index (χ4v) is 3.93. The minimum atomic E-state index is -1.55. The molecule has 0 heterocycles. The lowest BCUT2D eigenvalue weighted by Gasteiger charge is -2.36. The molecule has 0 amide bonds. The summed E-state index contributed by atoms with van der Waals surface area (Å²) < 4.78 is 6.26. The highest BCUT2D eigenvalue weighted by atomic mass is 28.4. The SMILES string of the molecule is CC/C=C\[C@@H]1C=CC=C[C@@H]1CCCCCCO[Si](C)(C)C(C)(C)C. The Morgan fingerprint density at radius 3 is 2.33 bits per heavy atom. The van der Waals surface area contributed by atoms with Gasteiger partial charge in [0.25, 0.3) is 0 Å². The summed E-state index contributed by atoms with van der Waals surface area (Å²) in [5.41, 5.74) is 0. The lowest BCUT2D eigenvalue weighted by Crippen LogP contribution is -2.40. The summed E-state index contributed by atoms with van der Waals surface area (Å²) in [6, 6.07) is 0. The van der Waals surface area contributed by atoms with Gasteiger partial charge >= 0.3 is 0 Å². The Hall–Kier alpha value is -0.603. The van der Waals surface area contributed by atoms with Crippen LogP contribution in [0.25, 0.3) is 0 Å². The molecule has 2 heteroatoms. The molecule has 0 fully saturated rings. The van der Waals surface area contributed by atoms with Gasteiger partial charge in [-0.2, -0.15) is 0 Å². The van der Waals surface area contributed by atoms with Crippen LogP contribution in [0.3, 0.4) is 0 Å². The Bertz CT molecular complexity index is 426. The summed E-state index contributed by atoms with van der Waals surface area (Å²) in [5.74, 6) is 1.30. The van der Waals surface area contributed by atoms with Crippen LogP contribution in [-0.2, 0) is 4.43 Å². The van der Waals surface area contributed by atoms with E-state index in [1.54, 1.807) is 0 Å². The Kier molecular flexibility index (Phi) is 9.29. The molecular formula is C22H40OSi. The Morgan fingerprint density at radius 1 is 1.00 bits per heavy atom. The van der Waals surface area contributed by atoms with Crippen LogP contribution in [0.15, 0.2) is 36.5 Å². The van der Waals surface area contributed by atoms with Crippen molar-refractivity contribution in [1.82, 2.24) is 0 Å². The van der Waals surface area contributed by atoms with Crippen LogP contribution in [0.4, 0.5) is 0 Å². The maximum Gasteiger partial charge on any atom is 0.191 e. The third kappa shape index (κ3) is 7.52. The Labute approximate surface area is 152 Å². The van der Waals surface area contributed by atoms with E-state index in [-0.39, 0.29) is 0 Å². The van der Waals surface area contributed by atoms with Crippen molar-refractivity contribution in [3.8, 4) is 0 Å². The van der Waals surface area contributed by atoms with Gasteiger partial charge in [0.2, 0.25) is 0 Å². The number of rotatable bonds is 10. The van der Waals surface area contributed by atoms with Crippen LogP contribution in [-0.4, -0.2) is 14.9 Å². The number of allylic oxidation sites excluding steroid dienone is 6. The van der Waals surface area contributed by atoms with Crippen LogP contribution in [0.1, 0.15) is 66.2 Å². The summed E-state index contributed by atoms with van der Waals surface area (Å²) in [6.45, 7) is 14.8. The van der Waals surface area contributed by atoms with Gasteiger partial charge in [0.15, 0.2) is 8.32 Å². The van der Waals surface area contributed by atoms with Crippen molar-refractivity contribution in [3.05, 3.63) is 36.5 Å². The smallest absolute Gasteiger partial charge is 0.191 e. The Morgan fingerprint density at radius 2 is 1.67 bits per heavy atom. The lowest BCUT2D eigenvalue weighted by molar-refractivity contribution is 0.276. The van der Waals surface area contributed by atoms with E-state index in [1.807, 2.05) is 0 Å². The monoisotopic (exact) mass is 348 g/mol. The summed E-state index contributed by atoms with van der Waals surface area (Å²) >= 11 is 0. The van der Waals surface area contributed by atoms with Gasteiger partial charge in [-0.05, 0) is 43.3 Å². The van der Waals surface area contributed by atoms with Gasteiger partial charge in [0.1, 0.15) is 0 Å². The molecule has 2 atom stereocenters. The van der Waals surface area contributed by atoms with Crippen molar-refractivity contribution < 1.29 is 4.43 Å².